The molecule has 1 heterocycles. The molecule has 0 aromatic heterocycles. The van der Waals surface area contributed by atoms with Crippen LogP contribution in [0.25, 0.3) is 0 Å². The molecule has 0 bridgehead atoms. The molecule has 1 saturated heterocycles. The quantitative estimate of drug-likeness (QED) is 0.689. The Morgan fingerprint density at radius 2 is 1.50 bits per heavy atom. The monoisotopic (exact) mass is 478 g/mol. The Labute approximate surface area is 193 Å². The van der Waals surface area contributed by atoms with Gasteiger partial charge in [-0.3, -0.25) is 4.79 Å². The number of urea groups is 1. The predicted octanol–water partition coefficient (Wildman–Crippen LogP) is 2.19. The number of halogens is 1. The third-order valence-electron chi connectivity index (χ3n) is 5.38. The molecule has 0 saturated carbocycles. The summed E-state index contributed by atoms with van der Waals surface area (Å²) in [4.78, 5) is 28.7. The Morgan fingerprint density at radius 1 is 0.938 bits per heavy atom. The number of benzene rings is 2. The molecule has 0 spiro atoms. The zero-order chi connectivity index (χ0) is 23.3. The number of piperazine rings is 1. The molecule has 172 valence electrons. The van der Waals surface area contributed by atoms with Crippen LogP contribution in [0, 0.1) is 0 Å². The molecule has 2 aromatic rings. The molecule has 0 atom stereocenters. The summed E-state index contributed by atoms with van der Waals surface area (Å²) in [5.74, 6) is -0.0269. The van der Waals surface area contributed by atoms with E-state index in [0.29, 0.717) is 36.8 Å². The van der Waals surface area contributed by atoms with Crippen LogP contribution < -0.4 is 5.32 Å². The molecular formula is C22H27ClN4O4S. The fourth-order valence-electron chi connectivity index (χ4n) is 3.46. The van der Waals surface area contributed by atoms with Crippen molar-refractivity contribution < 1.29 is 18.0 Å². The van der Waals surface area contributed by atoms with Gasteiger partial charge in [0.1, 0.15) is 0 Å². The number of carbonyl (C=O) groups excluding carboxylic acids is 2. The SMILES string of the molecule is CN(C)S(=O)(=O)c1ccccc1CNC(=O)N1CCN(C(=O)Cc2ccccc2Cl)CC1. The van der Waals surface area contributed by atoms with Crippen LogP contribution in [0.2, 0.25) is 5.02 Å². The zero-order valence-corrected chi connectivity index (χ0v) is 19.7. The van der Waals surface area contributed by atoms with Gasteiger partial charge in [0, 0.05) is 51.8 Å². The van der Waals surface area contributed by atoms with E-state index in [0.717, 1.165) is 9.87 Å². The maximum Gasteiger partial charge on any atom is 0.317 e. The second kappa shape index (κ2) is 10.3. The van der Waals surface area contributed by atoms with Crippen LogP contribution in [0.5, 0.6) is 0 Å². The van der Waals surface area contributed by atoms with Crippen molar-refractivity contribution in [2.75, 3.05) is 40.3 Å². The number of nitrogens with one attached hydrogen (secondary N) is 1. The highest BCUT2D eigenvalue weighted by Crippen LogP contribution is 2.19. The maximum atomic E-state index is 12.6. The molecule has 0 unspecified atom stereocenters. The normalized spacial score (nSPS) is 14.5. The molecular weight excluding hydrogens is 452 g/mol. The largest absolute Gasteiger partial charge is 0.339 e. The Hall–Kier alpha value is -2.62. The Bertz CT molecular complexity index is 1080. The topological polar surface area (TPSA) is 90.0 Å². The summed E-state index contributed by atoms with van der Waals surface area (Å²) in [5, 5.41) is 3.36. The van der Waals surface area contributed by atoms with Crippen LogP contribution in [0.3, 0.4) is 0 Å². The average Bonchev–Trinajstić information content (AvgIpc) is 2.79. The summed E-state index contributed by atoms with van der Waals surface area (Å²) in [5.41, 5.74) is 1.30. The van der Waals surface area contributed by atoms with E-state index < -0.39 is 10.0 Å². The number of amides is 3. The second-order valence-corrected chi connectivity index (χ2v) is 10.2. The van der Waals surface area contributed by atoms with Gasteiger partial charge in [0.15, 0.2) is 0 Å². The molecule has 0 radical (unpaired) electrons. The van der Waals surface area contributed by atoms with Gasteiger partial charge in [-0.25, -0.2) is 17.5 Å². The summed E-state index contributed by atoms with van der Waals surface area (Å²) in [6, 6.07) is 13.6. The average molecular weight is 479 g/mol. The van der Waals surface area contributed by atoms with Crippen molar-refractivity contribution in [3.63, 3.8) is 0 Å². The van der Waals surface area contributed by atoms with E-state index >= 15 is 0 Å². The molecule has 0 aliphatic carbocycles. The second-order valence-electron chi connectivity index (χ2n) is 7.69. The minimum atomic E-state index is -3.61. The molecule has 3 rings (SSSR count). The van der Waals surface area contributed by atoms with Gasteiger partial charge in [0.05, 0.1) is 11.3 Å². The molecule has 1 aliphatic heterocycles. The van der Waals surface area contributed by atoms with Crippen molar-refractivity contribution in [2.45, 2.75) is 17.9 Å². The fraction of sp³-hybridized carbons (Fsp3) is 0.364. The lowest BCUT2D eigenvalue weighted by Gasteiger charge is -2.35. The van der Waals surface area contributed by atoms with Gasteiger partial charge < -0.3 is 15.1 Å². The predicted molar refractivity (Wildman–Crippen MR) is 123 cm³/mol. The molecule has 1 N–H and O–H groups in total. The van der Waals surface area contributed by atoms with Gasteiger partial charge in [-0.15, -0.1) is 0 Å². The summed E-state index contributed by atoms with van der Waals surface area (Å²) in [6.07, 6.45) is 0.225. The third kappa shape index (κ3) is 5.59. The minimum Gasteiger partial charge on any atom is -0.339 e. The van der Waals surface area contributed by atoms with E-state index in [4.69, 9.17) is 11.6 Å². The van der Waals surface area contributed by atoms with Crippen LogP contribution in [0.1, 0.15) is 11.1 Å². The number of carbonyl (C=O) groups is 2. The summed E-state index contributed by atoms with van der Waals surface area (Å²) in [7, 11) is -0.672. The molecule has 1 aliphatic rings. The lowest BCUT2D eigenvalue weighted by Crippen LogP contribution is -2.53. The summed E-state index contributed by atoms with van der Waals surface area (Å²) in [6.45, 7) is 1.76. The van der Waals surface area contributed by atoms with Crippen molar-refractivity contribution in [2.24, 2.45) is 0 Å². The molecule has 2 aromatic carbocycles. The van der Waals surface area contributed by atoms with E-state index in [9.17, 15) is 18.0 Å². The van der Waals surface area contributed by atoms with Gasteiger partial charge in [-0.2, -0.15) is 0 Å². The van der Waals surface area contributed by atoms with Crippen LogP contribution >= 0.6 is 11.6 Å². The van der Waals surface area contributed by atoms with Crippen molar-refractivity contribution in [1.82, 2.24) is 19.4 Å². The van der Waals surface area contributed by atoms with Gasteiger partial charge in [0.25, 0.3) is 0 Å². The first kappa shape index (κ1) is 24.0. The highest BCUT2D eigenvalue weighted by atomic mass is 35.5. The maximum absolute atomic E-state index is 12.6. The van der Waals surface area contributed by atoms with Gasteiger partial charge in [0.2, 0.25) is 15.9 Å². The molecule has 10 heteroatoms. The number of nitrogens with zero attached hydrogens (tertiary/aromatic N) is 3. The van der Waals surface area contributed by atoms with Crippen LogP contribution in [-0.4, -0.2) is 74.7 Å². The summed E-state index contributed by atoms with van der Waals surface area (Å²) >= 11 is 6.14. The van der Waals surface area contributed by atoms with E-state index in [1.807, 2.05) is 18.2 Å². The Morgan fingerprint density at radius 3 is 2.12 bits per heavy atom. The number of sulfonamides is 1. The van der Waals surface area contributed by atoms with Gasteiger partial charge in [-0.05, 0) is 23.3 Å². The minimum absolute atomic E-state index is 0.0269. The fourth-order valence-corrected chi connectivity index (χ4v) is 4.77. The lowest BCUT2D eigenvalue weighted by atomic mass is 10.1. The van der Waals surface area contributed by atoms with E-state index in [-0.39, 0.29) is 29.8 Å². The van der Waals surface area contributed by atoms with Crippen molar-refractivity contribution in [1.29, 1.82) is 0 Å². The van der Waals surface area contributed by atoms with Crippen molar-refractivity contribution in [3.05, 3.63) is 64.7 Å². The highest BCUT2D eigenvalue weighted by Gasteiger charge is 2.25. The molecule has 3 amide bonds. The van der Waals surface area contributed by atoms with Crippen LogP contribution in [0.4, 0.5) is 4.79 Å². The van der Waals surface area contributed by atoms with Crippen molar-refractivity contribution >= 4 is 33.6 Å². The Balaban J connectivity index is 1.54. The van der Waals surface area contributed by atoms with Crippen LogP contribution in [-0.2, 0) is 27.8 Å². The Kier molecular flexibility index (Phi) is 7.76. The standard InChI is InChI=1S/C22H27ClN4O4S/c1-25(2)32(30,31)20-10-6-4-8-18(20)16-24-22(29)27-13-11-26(12-14-27)21(28)15-17-7-3-5-9-19(17)23/h3-10H,11-16H2,1-2H3,(H,24,29). The molecule has 32 heavy (non-hydrogen) atoms. The molecule has 8 nitrogen and oxygen atoms in total. The third-order valence-corrected chi connectivity index (χ3v) is 7.66. The van der Waals surface area contributed by atoms with Crippen molar-refractivity contribution in [3.8, 4) is 0 Å². The molecule has 1 fully saturated rings. The first-order valence-corrected chi connectivity index (χ1v) is 12.1. The van der Waals surface area contributed by atoms with Gasteiger partial charge >= 0.3 is 6.03 Å². The van der Waals surface area contributed by atoms with Gasteiger partial charge in [-0.1, -0.05) is 48.0 Å². The zero-order valence-electron chi connectivity index (χ0n) is 18.1. The van der Waals surface area contributed by atoms with E-state index in [1.165, 1.54) is 20.2 Å². The first-order chi connectivity index (χ1) is 15.2. The first-order valence-electron chi connectivity index (χ1n) is 10.2. The summed E-state index contributed by atoms with van der Waals surface area (Å²) < 4.78 is 26.2. The number of rotatable bonds is 6. The number of hydrogen-bond acceptors (Lipinski definition) is 4. The van der Waals surface area contributed by atoms with E-state index in [1.54, 1.807) is 34.1 Å². The number of hydrogen-bond donors (Lipinski definition) is 1. The van der Waals surface area contributed by atoms with E-state index in [2.05, 4.69) is 5.32 Å². The lowest BCUT2D eigenvalue weighted by molar-refractivity contribution is -0.131. The smallest absolute Gasteiger partial charge is 0.317 e. The highest BCUT2D eigenvalue weighted by molar-refractivity contribution is 7.89. The van der Waals surface area contributed by atoms with Crippen LogP contribution in [0.15, 0.2) is 53.4 Å².